The van der Waals surface area contributed by atoms with Gasteiger partial charge in [0.05, 0.1) is 25.4 Å². The number of carbonyl (C=O) groups excluding carboxylic acids is 1. The van der Waals surface area contributed by atoms with Gasteiger partial charge in [0, 0.05) is 12.2 Å². The van der Waals surface area contributed by atoms with Gasteiger partial charge in [-0.2, -0.15) is 0 Å². The number of nitrogens with one attached hydrogen (secondary N) is 1. The maximum Gasteiger partial charge on any atom is 0.255 e. The van der Waals surface area contributed by atoms with Crippen LogP contribution in [0.5, 0.6) is 5.75 Å². The Balaban J connectivity index is 2.77. The zero-order chi connectivity index (χ0) is 12.8. The van der Waals surface area contributed by atoms with E-state index in [1.165, 1.54) is 13.2 Å². The minimum absolute atomic E-state index is 0.0344. The van der Waals surface area contributed by atoms with Crippen molar-refractivity contribution in [3.63, 3.8) is 0 Å². The van der Waals surface area contributed by atoms with Crippen molar-refractivity contribution < 1.29 is 19.7 Å². The molecule has 0 aromatic heterocycles. The summed E-state index contributed by atoms with van der Waals surface area (Å²) in [6.45, 7) is -0.443. The molecule has 1 unspecified atom stereocenters. The third-order valence-electron chi connectivity index (χ3n) is 2.18. The Bertz CT molecular complexity index is 395. The molecule has 94 valence electrons. The van der Waals surface area contributed by atoms with E-state index in [-0.39, 0.29) is 12.1 Å². The molecule has 1 aromatic rings. The maximum absolute atomic E-state index is 11.8. The standard InChI is InChI=1S/C11H16N2O4/c1-17-10-3-2-7(12)4-9(10)11(16)13-5-8(15)6-14/h2-4,8,14-15H,5-6,12H2,1H3,(H,13,16). The quantitative estimate of drug-likeness (QED) is 0.512. The summed E-state index contributed by atoms with van der Waals surface area (Å²) in [5.74, 6) is -0.0168. The lowest BCUT2D eigenvalue weighted by Crippen LogP contribution is -2.34. The maximum atomic E-state index is 11.8. The summed E-state index contributed by atoms with van der Waals surface area (Å²) in [5.41, 5.74) is 6.31. The molecular weight excluding hydrogens is 224 g/mol. The van der Waals surface area contributed by atoms with Crippen molar-refractivity contribution in [1.82, 2.24) is 5.32 Å². The first kappa shape index (κ1) is 13.3. The fourth-order valence-electron chi connectivity index (χ4n) is 1.27. The number of hydrogen-bond acceptors (Lipinski definition) is 5. The summed E-state index contributed by atoms with van der Waals surface area (Å²) in [4.78, 5) is 11.8. The van der Waals surface area contributed by atoms with Crippen LogP contribution in [-0.2, 0) is 0 Å². The smallest absolute Gasteiger partial charge is 0.255 e. The molecule has 17 heavy (non-hydrogen) atoms. The van der Waals surface area contributed by atoms with Crippen LogP contribution in [0.15, 0.2) is 18.2 Å². The second kappa shape index (κ2) is 6.07. The Hall–Kier alpha value is -1.79. The number of carbonyl (C=O) groups is 1. The monoisotopic (exact) mass is 240 g/mol. The van der Waals surface area contributed by atoms with E-state index < -0.39 is 18.6 Å². The summed E-state index contributed by atoms with van der Waals surface area (Å²) in [6, 6.07) is 4.70. The fraction of sp³-hybridized carbons (Fsp3) is 0.364. The first-order valence-corrected chi connectivity index (χ1v) is 5.09. The van der Waals surface area contributed by atoms with Gasteiger partial charge in [0.1, 0.15) is 5.75 Å². The summed E-state index contributed by atoms with van der Waals surface area (Å²) in [7, 11) is 1.45. The van der Waals surface area contributed by atoms with Gasteiger partial charge in [-0.1, -0.05) is 0 Å². The molecule has 6 heteroatoms. The Morgan fingerprint density at radius 2 is 2.29 bits per heavy atom. The van der Waals surface area contributed by atoms with Crippen LogP contribution in [0.25, 0.3) is 0 Å². The molecule has 0 aliphatic heterocycles. The normalized spacial score (nSPS) is 11.9. The molecule has 1 aromatic carbocycles. The van der Waals surface area contributed by atoms with E-state index in [9.17, 15) is 4.79 Å². The van der Waals surface area contributed by atoms with Crippen LogP contribution in [0, 0.1) is 0 Å². The van der Waals surface area contributed by atoms with Crippen LogP contribution < -0.4 is 15.8 Å². The number of methoxy groups -OCH3 is 1. The van der Waals surface area contributed by atoms with Gasteiger partial charge >= 0.3 is 0 Å². The molecule has 0 spiro atoms. The SMILES string of the molecule is COc1ccc(N)cc1C(=O)NCC(O)CO. The molecule has 1 amide bonds. The number of aliphatic hydroxyl groups is 2. The van der Waals surface area contributed by atoms with Crippen molar-refractivity contribution in [2.24, 2.45) is 0 Å². The van der Waals surface area contributed by atoms with Gasteiger partial charge < -0.3 is 26.0 Å². The predicted molar refractivity (Wildman–Crippen MR) is 62.8 cm³/mol. The number of hydrogen-bond donors (Lipinski definition) is 4. The molecule has 0 saturated carbocycles. The summed E-state index contributed by atoms with van der Waals surface area (Å²) < 4.78 is 5.03. The first-order valence-electron chi connectivity index (χ1n) is 5.09. The average Bonchev–Trinajstić information content (AvgIpc) is 2.35. The van der Waals surface area contributed by atoms with Gasteiger partial charge in [0.15, 0.2) is 0 Å². The van der Waals surface area contributed by atoms with Crippen LogP contribution >= 0.6 is 0 Å². The molecule has 0 aliphatic rings. The molecule has 0 aliphatic carbocycles. The van der Waals surface area contributed by atoms with Gasteiger partial charge in [0.25, 0.3) is 5.91 Å². The van der Waals surface area contributed by atoms with Gasteiger partial charge in [-0.15, -0.1) is 0 Å². The zero-order valence-corrected chi connectivity index (χ0v) is 9.51. The van der Waals surface area contributed by atoms with Crippen molar-refractivity contribution in [2.75, 3.05) is 26.0 Å². The lowest BCUT2D eigenvalue weighted by atomic mass is 10.1. The Labute approximate surface area is 99.0 Å². The van der Waals surface area contributed by atoms with Gasteiger partial charge in [-0.05, 0) is 18.2 Å². The van der Waals surface area contributed by atoms with Crippen LogP contribution in [0.2, 0.25) is 0 Å². The number of nitrogen functional groups attached to an aromatic ring is 1. The minimum atomic E-state index is -0.981. The van der Waals surface area contributed by atoms with E-state index in [1.54, 1.807) is 12.1 Å². The van der Waals surface area contributed by atoms with Crippen molar-refractivity contribution in [1.29, 1.82) is 0 Å². The van der Waals surface area contributed by atoms with E-state index in [0.29, 0.717) is 11.4 Å². The lowest BCUT2D eigenvalue weighted by Gasteiger charge is -2.11. The Morgan fingerprint density at radius 1 is 1.59 bits per heavy atom. The van der Waals surface area contributed by atoms with Crippen LogP contribution in [0.4, 0.5) is 5.69 Å². The molecule has 0 bridgehead atoms. The third-order valence-corrected chi connectivity index (χ3v) is 2.18. The molecule has 0 fully saturated rings. The zero-order valence-electron chi connectivity index (χ0n) is 9.51. The number of nitrogens with two attached hydrogens (primary N) is 1. The minimum Gasteiger partial charge on any atom is -0.496 e. The van der Waals surface area contributed by atoms with Gasteiger partial charge in [-0.3, -0.25) is 4.79 Å². The number of rotatable bonds is 5. The Kier molecular flexibility index (Phi) is 4.74. The highest BCUT2D eigenvalue weighted by molar-refractivity contribution is 5.97. The van der Waals surface area contributed by atoms with E-state index in [1.807, 2.05) is 0 Å². The van der Waals surface area contributed by atoms with Crippen LogP contribution in [-0.4, -0.2) is 42.5 Å². The average molecular weight is 240 g/mol. The fourth-order valence-corrected chi connectivity index (χ4v) is 1.27. The third kappa shape index (κ3) is 3.61. The number of aliphatic hydroxyl groups excluding tert-OH is 2. The van der Waals surface area contributed by atoms with Gasteiger partial charge in [-0.25, -0.2) is 0 Å². The van der Waals surface area contributed by atoms with Crippen molar-refractivity contribution in [3.8, 4) is 5.75 Å². The predicted octanol–water partition coefficient (Wildman–Crippen LogP) is -0.640. The molecule has 5 N–H and O–H groups in total. The van der Waals surface area contributed by atoms with E-state index in [4.69, 9.17) is 20.7 Å². The van der Waals surface area contributed by atoms with Crippen molar-refractivity contribution >= 4 is 11.6 Å². The molecule has 1 atom stereocenters. The second-order valence-corrected chi connectivity index (χ2v) is 3.51. The number of anilines is 1. The molecule has 1 rings (SSSR count). The largest absolute Gasteiger partial charge is 0.496 e. The van der Waals surface area contributed by atoms with Crippen LogP contribution in [0.3, 0.4) is 0 Å². The number of benzene rings is 1. The second-order valence-electron chi connectivity index (χ2n) is 3.51. The lowest BCUT2D eigenvalue weighted by molar-refractivity contribution is 0.0800. The molecular formula is C11H16N2O4. The van der Waals surface area contributed by atoms with E-state index >= 15 is 0 Å². The first-order chi connectivity index (χ1) is 8.08. The summed E-state index contributed by atoms with van der Waals surface area (Å²) >= 11 is 0. The highest BCUT2D eigenvalue weighted by Gasteiger charge is 2.13. The topological polar surface area (TPSA) is 105 Å². The summed E-state index contributed by atoms with van der Waals surface area (Å²) in [5, 5.41) is 20.2. The van der Waals surface area contributed by atoms with Gasteiger partial charge in [0.2, 0.25) is 0 Å². The number of ether oxygens (including phenoxy) is 1. The number of amides is 1. The highest BCUT2D eigenvalue weighted by Crippen LogP contribution is 2.20. The molecule has 0 radical (unpaired) electrons. The van der Waals surface area contributed by atoms with E-state index in [0.717, 1.165) is 0 Å². The van der Waals surface area contributed by atoms with Crippen molar-refractivity contribution in [2.45, 2.75) is 6.10 Å². The molecule has 6 nitrogen and oxygen atoms in total. The highest BCUT2D eigenvalue weighted by atomic mass is 16.5. The Morgan fingerprint density at radius 3 is 2.88 bits per heavy atom. The summed E-state index contributed by atoms with van der Waals surface area (Å²) in [6.07, 6.45) is -0.981. The van der Waals surface area contributed by atoms with Crippen molar-refractivity contribution in [3.05, 3.63) is 23.8 Å². The molecule has 0 heterocycles. The molecule has 0 saturated heterocycles. The van der Waals surface area contributed by atoms with Crippen LogP contribution in [0.1, 0.15) is 10.4 Å². The van der Waals surface area contributed by atoms with E-state index in [2.05, 4.69) is 5.32 Å².